The average Bonchev–Trinajstić information content (AvgIpc) is 2.67. The van der Waals surface area contributed by atoms with Crippen molar-refractivity contribution in [2.75, 3.05) is 11.9 Å². The predicted octanol–water partition coefficient (Wildman–Crippen LogP) is 3.58. The highest BCUT2D eigenvalue weighted by Gasteiger charge is 2.26. The quantitative estimate of drug-likeness (QED) is 0.693. The monoisotopic (exact) mass is 402 g/mol. The summed E-state index contributed by atoms with van der Waals surface area (Å²) < 4.78 is 5.09. The van der Waals surface area contributed by atoms with Crippen LogP contribution in [-0.2, 0) is 14.3 Å². The van der Waals surface area contributed by atoms with Crippen molar-refractivity contribution in [3.05, 3.63) is 64.7 Å². The number of ether oxygens (including phenoxy) is 1. The van der Waals surface area contributed by atoms with Crippen LogP contribution in [0.2, 0.25) is 5.02 Å². The number of halogens is 1. The van der Waals surface area contributed by atoms with E-state index < -0.39 is 24.5 Å². The molecule has 6 nitrogen and oxygen atoms in total. The highest BCUT2D eigenvalue weighted by atomic mass is 35.5. The zero-order valence-corrected chi connectivity index (χ0v) is 16.7. The van der Waals surface area contributed by atoms with Gasteiger partial charge < -0.3 is 15.4 Å². The molecule has 2 N–H and O–H groups in total. The van der Waals surface area contributed by atoms with Crippen LogP contribution in [0.15, 0.2) is 48.5 Å². The van der Waals surface area contributed by atoms with Gasteiger partial charge in [-0.1, -0.05) is 49.7 Å². The van der Waals surface area contributed by atoms with Gasteiger partial charge in [0.05, 0.1) is 0 Å². The number of amides is 2. The van der Waals surface area contributed by atoms with Gasteiger partial charge in [-0.15, -0.1) is 0 Å². The summed E-state index contributed by atoms with van der Waals surface area (Å²) in [6.45, 7) is 4.96. The number of benzene rings is 2. The van der Waals surface area contributed by atoms with Crippen molar-refractivity contribution in [1.82, 2.24) is 5.32 Å². The molecule has 28 heavy (non-hydrogen) atoms. The number of carbonyl (C=O) groups is 3. The summed E-state index contributed by atoms with van der Waals surface area (Å²) in [5.41, 5.74) is 1.84. The van der Waals surface area contributed by atoms with Gasteiger partial charge in [0.2, 0.25) is 0 Å². The van der Waals surface area contributed by atoms with Gasteiger partial charge in [0.25, 0.3) is 11.8 Å². The van der Waals surface area contributed by atoms with Crippen molar-refractivity contribution in [2.24, 2.45) is 5.92 Å². The van der Waals surface area contributed by atoms with Crippen LogP contribution in [0.5, 0.6) is 0 Å². The van der Waals surface area contributed by atoms with E-state index in [1.54, 1.807) is 62.4 Å². The number of aryl methyl sites for hydroxylation is 1. The van der Waals surface area contributed by atoms with E-state index in [0.29, 0.717) is 16.3 Å². The molecular formula is C21H23ClN2O4. The van der Waals surface area contributed by atoms with Crippen molar-refractivity contribution >= 4 is 35.1 Å². The van der Waals surface area contributed by atoms with Crippen LogP contribution in [0.3, 0.4) is 0 Å². The Morgan fingerprint density at radius 1 is 1.07 bits per heavy atom. The van der Waals surface area contributed by atoms with E-state index in [-0.39, 0.29) is 11.8 Å². The third-order valence-electron chi connectivity index (χ3n) is 4.04. The third kappa shape index (κ3) is 6.09. The van der Waals surface area contributed by atoms with Crippen molar-refractivity contribution in [3.63, 3.8) is 0 Å². The Bertz CT molecular complexity index is 853. The van der Waals surface area contributed by atoms with Gasteiger partial charge in [-0.05, 0) is 42.7 Å². The summed E-state index contributed by atoms with van der Waals surface area (Å²) in [7, 11) is 0. The minimum atomic E-state index is -0.866. The summed E-state index contributed by atoms with van der Waals surface area (Å²) >= 11 is 6.02. The number of anilines is 1. The molecule has 7 heteroatoms. The van der Waals surface area contributed by atoms with E-state index in [1.165, 1.54) is 0 Å². The molecule has 2 aromatic rings. The SMILES string of the molecule is Cc1ccc(NC(=O)COC(=O)C(NC(=O)c2ccccc2)C(C)C)cc1Cl. The molecule has 148 valence electrons. The smallest absolute Gasteiger partial charge is 0.329 e. The van der Waals surface area contributed by atoms with Gasteiger partial charge in [0, 0.05) is 16.3 Å². The summed E-state index contributed by atoms with van der Waals surface area (Å²) in [5.74, 6) is -1.75. The first-order chi connectivity index (χ1) is 13.3. The molecule has 0 aliphatic rings. The molecule has 1 atom stereocenters. The second-order valence-electron chi connectivity index (χ2n) is 6.68. The molecule has 0 aliphatic heterocycles. The zero-order valence-electron chi connectivity index (χ0n) is 16.0. The van der Waals surface area contributed by atoms with Gasteiger partial charge >= 0.3 is 5.97 Å². The van der Waals surface area contributed by atoms with Gasteiger partial charge in [0.15, 0.2) is 6.61 Å². The van der Waals surface area contributed by atoms with E-state index in [9.17, 15) is 14.4 Å². The fourth-order valence-electron chi connectivity index (χ4n) is 2.41. The molecular weight excluding hydrogens is 380 g/mol. The number of rotatable bonds is 7. The van der Waals surface area contributed by atoms with Crippen molar-refractivity contribution in [1.29, 1.82) is 0 Å². The average molecular weight is 403 g/mol. The van der Waals surface area contributed by atoms with Gasteiger partial charge in [-0.25, -0.2) is 4.79 Å². The number of hydrogen-bond donors (Lipinski definition) is 2. The third-order valence-corrected chi connectivity index (χ3v) is 4.45. The first-order valence-electron chi connectivity index (χ1n) is 8.86. The maximum absolute atomic E-state index is 12.4. The highest BCUT2D eigenvalue weighted by Crippen LogP contribution is 2.19. The second-order valence-corrected chi connectivity index (χ2v) is 7.09. The molecule has 2 rings (SSSR count). The normalized spacial score (nSPS) is 11.6. The van der Waals surface area contributed by atoms with Crippen LogP contribution in [0.1, 0.15) is 29.8 Å². The Hall–Kier alpha value is -2.86. The van der Waals surface area contributed by atoms with Crippen LogP contribution in [0.25, 0.3) is 0 Å². The first kappa shape index (κ1) is 21.4. The predicted molar refractivity (Wildman–Crippen MR) is 108 cm³/mol. The van der Waals surface area contributed by atoms with E-state index >= 15 is 0 Å². The van der Waals surface area contributed by atoms with Crippen molar-refractivity contribution < 1.29 is 19.1 Å². The molecule has 0 saturated heterocycles. The number of hydrogen-bond acceptors (Lipinski definition) is 4. The lowest BCUT2D eigenvalue weighted by Crippen LogP contribution is -2.45. The summed E-state index contributed by atoms with van der Waals surface area (Å²) in [6, 6.07) is 12.8. The number of carbonyl (C=O) groups excluding carboxylic acids is 3. The Kier molecular flexibility index (Phi) is 7.58. The van der Waals surface area contributed by atoms with Crippen LogP contribution in [0.4, 0.5) is 5.69 Å². The van der Waals surface area contributed by atoms with Crippen LogP contribution in [0, 0.1) is 12.8 Å². The van der Waals surface area contributed by atoms with Crippen LogP contribution >= 0.6 is 11.6 Å². The minimum absolute atomic E-state index is 0.209. The number of nitrogens with one attached hydrogen (secondary N) is 2. The van der Waals surface area contributed by atoms with Gasteiger partial charge in [-0.3, -0.25) is 9.59 Å². The lowest BCUT2D eigenvalue weighted by atomic mass is 10.0. The largest absolute Gasteiger partial charge is 0.454 e. The molecule has 2 amide bonds. The van der Waals surface area contributed by atoms with Crippen LogP contribution < -0.4 is 10.6 Å². The molecule has 0 radical (unpaired) electrons. The Labute approximate surface area is 169 Å². The fraction of sp³-hybridized carbons (Fsp3) is 0.286. The maximum atomic E-state index is 12.4. The van der Waals surface area contributed by atoms with E-state index in [1.807, 2.05) is 6.92 Å². The Morgan fingerprint density at radius 3 is 2.36 bits per heavy atom. The minimum Gasteiger partial charge on any atom is -0.454 e. The molecule has 0 aliphatic carbocycles. The molecule has 0 saturated carbocycles. The summed E-state index contributed by atoms with van der Waals surface area (Å²) in [4.78, 5) is 36.7. The summed E-state index contributed by atoms with van der Waals surface area (Å²) in [5, 5.41) is 5.80. The maximum Gasteiger partial charge on any atom is 0.329 e. The Morgan fingerprint density at radius 2 is 1.75 bits per heavy atom. The van der Waals surface area contributed by atoms with Crippen molar-refractivity contribution in [2.45, 2.75) is 26.8 Å². The zero-order chi connectivity index (χ0) is 20.7. The van der Waals surface area contributed by atoms with E-state index in [2.05, 4.69) is 10.6 Å². The van der Waals surface area contributed by atoms with E-state index in [4.69, 9.17) is 16.3 Å². The Balaban J connectivity index is 1.91. The molecule has 0 spiro atoms. The fourth-order valence-corrected chi connectivity index (χ4v) is 2.59. The van der Waals surface area contributed by atoms with Crippen LogP contribution in [-0.4, -0.2) is 30.4 Å². The second kappa shape index (κ2) is 9.90. The standard InChI is InChI=1S/C21H23ClN2O4/c1-13(2)19(24-20(26)15-7-5-4-6-8-15)21(27)28-12-18(25)23-16-10-9-14(3)17(22)11-16/h4-11,13,19H,12H2,1-3H3,(H,23,25)(H,24,26). The molecule has 0 fully saturated rings. The topological polar surface area (TPSA) is 84.5 Å². The lowest BCUT2D eigenvalue weighted by Gasteiger charge is -2.20. The van der Waals surface area contributed by atoms with Gasteiger partial charge in [0.1, 0.15) is 6.04 Å². The number of esters is 1. The van der Waals surface area contributed by atoms with Crippen molar-refractivity contribution in [3.8, 4) is 0 Å². The molecule has 0 bridgehead atoms. The van der Waals surface area contributed by atoms with E-state index in [0.717, 1.165) is 5.56 Å². The molecule has 0 heterocycles. The highest BCUT2D eigenvalue weighted by molar-refractivity contribution is 6.31. The first-order valence-corrected chi connectivity index (χ1v) is 9.24. The molecule has 0 aromatic heterocycles. The van der Waals surface area contributed by atoms with Gasteiger partial charge in [-0.2, -0.15) is 0 Å². The lowest BCUT2D eigenvalue weighted by molar-refractivity contribution is -0.150. The molecule has 2 aromatic carbocycles. The summed E-state index contributed by atoms with van der Waals surface area (Å²) in [6.07, 6.45) is 0. The molecule has 1 unspecified atom stereocenters.